The predicted molar refractivity (Wildman–Crippen MR) is 84.8 cm³/mol. The largest absolute Gasteiger partial charge is 0.332 e. The van der Waals surface area contributed by atoms with Crippen LogP contribution in [0, 0.1) is 0 Å². The molecule has 21 heavy (non-hydrogen) atoms. The SMILES string of the molecule is O=S1(=O)CCn2ccc(-c3ccc4ccccc4c3)c2N1. The molecule has 5 heteroatoms. The molecule has 0 saturated heterocycles. The van der Waals surface area contributed by atoms with Crippen LogP contribution in [0.2, 0.25) is 0 Å². The first-order chi connectivity index (χ1) is 10.1. The second kappa shape index (κ2) is 4.36. The van der Waals surface area contributed by atoms with Crippen LogP contribution < -0.4 is 4.72 Å². The Balaban J connectivity index is 1.88. The summed E-state index contributed by atoms with van der Waals surface area (Å²) in [6.45, 7) is 0.498. The van der Waals surface area contributed by atoms with E-state index in [1.54, 1.807) is 0 Å². The maximum absolute atomic E-state index is 11.8. The predicted octanol–water partition coefficient (Wildman–Crippen LogP) is 3.06. The molecule has 1 aliphatic heterocycles. The van der Waals surface area contributed by atoms with Crippen LogP contribution in [0.15, 0.2) is 54.7 Å². The minimum Gasteiger partial charge on any atom is -0.332 e. The summed E-state index contributed by atoms with van der Waals surface area (Å²) < 4.78 is 28.2. The van der Waals surface area contributed by atoms with Gasteiger partial charge >= 0.3 is 0 Å². The van der Waals surface area contributed by atoms with E-state index in [-0.39, 0.29) is 5.75 Å². The average molecular weight is 298 g/mol. The van der Waals surface area contributed by atoms with Crippen LogP contribution in [0.4, 0.5) is 5.82 Å². The second-order valence-electron chi connectivity index (χ2n) is 5.25. The number of nitrogens with one attached hydrogen (secondary N) is 1. The first-order valence-corrected chi connectivity index (χ1v) is 8.46. The van der Waals surface area contributed by atoms with Crippen LogP contribution >= 0.6 is 0 Å². The van der Waals surface area contributed by atoms with E-state index in [0.29, 0.717) is 12.4 Å². The summed E-state index contributed by atoms with van der Waals surface area (Å²) in [5, 5.41) is 2.32. The molecule has 0 fully saturated rings. The lowest BCUT2D eigenvalue weighted by molar-refractivity contribution is 0.588. The Morgan fingerprint density at radius 2 is 1.81 bits per heavy atom. The number of anilines is 1. The van der Waals surface area contributed by atoms with Gasteiger partial charge in [0, 0.05) is 18.3 Å². The molecule has 0 unspecified atom stereocenters. The molecular formula is C16H14N2O2S. The second-order valence-corrected chi connectivity index (χ2v) is 7.10. The molecule has 3 aromatic rings. The van der Waals surface area contributed by atoms with Crippen molar-refractivity contribution in [3.8, 4) is 11.1 Å². The summed E-state index contributed by atoms with van der Waals surface area (Å²) in [4.78, 5) is 0. The third kappa shape index (κ3) is 2.10. The van der Waals surface area contributed by atoms with Crippen LogP contribution in [-0.4, -0.2) is 18.7 Å². The summed E-state index contributed by atoms with van der Waals surface area (Å²) in [5.74, 6) is 0.794. The molecule has 0 amide bonds. The third-order valence-electron chi connectivity index (χ3n) is 3.88. The number of hydrogen-bond donors (Lipinski definition) is 1. The molecule has 0 aliphatic carbocycles. The van der Waals surface area contributed by atoms with Gasteiger partial charge in [0.1, 0.15) is 5.82 Å². The highest BCUT2D eigenvalue weighted by Gasteiger charge is 2.23. The fourth-order valence-electron chi connectivity index (χ4n) is 2.78. The van der Waals surface area contributed by atoms with E-state index in [4.69, 9.17) is 0 Å². The third-order valence-corrected chi connectivity index (χ3v) is 5.10. The van der Waals surface area contributed by atoms with Gasteiger partial charge in [-0.15, -0.1) is 0 Å². The topological polar surface area (TPSA) is 51.1 Å². The fourth-order valence-corrected chi connectivity index (χ4v) is 3.84. The summed E-state index contributed by atoms with van der Waals surface area (Å²) in [6.07, 6.45) is 1.93. The minimum absolute atomic E-state index is 0.131. The standard InChI is InChI=1S/C16H14N2O2S/c19-21(20)10-9-18-8-7-15(16(18)17-21)14-6-5-12-3-1-2-4-13(12)11-14/h1-8,11,17H,9-10H2. The van der Waals surface area contributed by atoms with E-state index in [9.17, 15) is 8.42 Å². The number of fused-ring (bicyclic) bond motifs is 2. The zero-order chi connectivity index (χ0) is 14.4. The molecule has 4 nitrogen and oxygen atoms in total. The molecular weight excluding hydrogens is 284 g/mol. The average Bonchev–Trinajstić information content (AvgIpc) is 2.88. The summed E-state index contributed by atoms with van der Waals surface area (Å²) in [7, 11) is -3.21. The number of sulfonamides is 1. The summed E-state index contributed by atoms with van der Waals surface area (Å²) in [6, 6.07) is 16.3. The zero-order valence-electron chi connectivity index (χ0n) is 11.3. The van der Waals surface area contributed by atoms with Crippen molar-refractivity contribution in [1.29, 1.82) is 0 Å². The van der Waals surface area contributed by atoms with Crippen LogP contribution in [0.25, 0.3) is 21.9 Å². The Morgan fingerprint density at radius 3 is 2.67 bits per heavy atom. The summed E-state index contributed by atoms with van der Waals surface area (Å²) in [5.41, 5.74) is 1.94. The van der Waals surface area contributed by atoms with E-state index >= 15 is 0 Å². The molecule has 0 atom stereocenters. The Kier molecular flexibility index (Phi) is 2.59. The van der Waals surface area contributed by atoms with Gasteiger partial charge in [-0.05, 0) is 28.5 Å². The Bertz CT molecular complexity index is 942. The van der Waals surface area contributed by atoms with E-state index < -0.39 is 10.0 Å². The first kappa shape index (κ1) is 12.5. The normalized spacial score (nSPS) is 16.4. The number of benzene rings is 2. The number of aryl methyl sites for hydroxylation is 1. The first-order valence-electron chi connectivity index (χ1n) is 6.81. The van der Waals surface area contributed by atoms with Crippen LogP contribution in [0.5, 0.6) is 0 Å². The highest BCUT2D eigenvalue weighted by atomic mass is 32.2. The molecule has 0 spiro atoms. The Hall–Kier alpha value is -2.27. The van der Waals surface area contributed by atoms with E-state index in [0.717, 1.165) is 16.5 Å². The molecule has 2 aromatic carbocycles. The number of rotatable bonds is 1. The van der Waals surface area contributed by atoms with Crippen LogP contribution in [-0.2, 0) is 16.6 Å². The van der Waals surface area contributed by atoms with Gasteiger partial charge in [-0.2, -0.15) is 0 Å². The molecule has 0 radical (unpaired) electrons. The van der Waals surface area contributed by atoms with Crippen molar-refractivity contribution >= 4 is 26.6 Å². The molecule has 2 heterocycles. The van der Waals surface area contributed by atoms with Crippen molar-refractivity contribution in [2.24, 2.45) is 0 Å². The van der Waals surface area contributed by atoms with Gasteiger partial charge in [0.25, 0.3) is 0 Å². The maximum Gasteiger partial charge on any atom is 0.235 e. The van der Waals surface area contributed by atoms with Crippen molar-refractivity contribution < 1.29 is 8.42 Å². The molecule has 0 bridgehead atoms. The molecule has 1 aromatic heterocycles. The zero-order valence-corrected chi connectivity index (χ0v) is 12.1. The van der Waals surface area contributed by atoms with Crippen molar-refractivity contribution in [2.45, 2.75) is 6.54 Å². The van der Waals surface area contributed by atoms with E-state index in [2.05, 4.69) is 29.0 Å². The van der Waals surface area contributed by atoms with Gasteiger partial charge in [-0.25, -0.2) is 8.42 Å². The van der Waals surface area contributed by atoms with Gasteiger partial charge in [-0.1, -0.05) is 36.4 Å². The summed E-state index contributed by atoms with van der Waals surface area (Å²) >= 11 is 0. The Labute approximate surface area is 123 Å². The van der Waals surface area contributed by atoms with Crippen LogP contribution in [0.1, 0.15) is 0 Å². The van der Waals surface area contributed by atoms with Gasteiger partial charge in [0.2, 0.25) is 10.0 Å². The smallest absolute Gasteiger partial charge is 0.235 e. The van der Waals surface area contributed by atoms with E-state index in [1.807, 2.05) is 35.0 Å². The van der Waals surface area contributed by atoms with Crippen molar-refractivity contribution in [3.05, 3.63) is 54.7 Å². The lowest BCUT2D eigenvalue weighted by Gasteiger charge is -2.19. The van der Waals surface area contributed by atoms with Crippen LogP contribution in [0.3, 0.4) is 0 Å². The van der Waals surface area contributed by atoms with Gasteiger partial charge < -0.3 is 4.57 Å². The molecule has 106 valence electrons. The van der Waals surface area contributed by atoms with Crippen molar-refractivity contribution in [1.82, 2.24) is 4.57 Å². The Morgan fingerprint density at radius 1 is 1.00 bits per heavy atom. The van der Waals surface area contributed by atoms with Gasteiger partial charge in [0.05, 0.1) is 5.75 Å². The van der Waals surface area contributed by atoms with E-state index in [1.165, 1.54) is 5.39 Å². The number of nitrogens with zero attached hydrogens (tertiary/aromatic N) is 1. The lowest BCUT2D eigenvalue weighted by atomic mass is 10.0. The molecule has 1 aliphatic rings. The highest BCUT2D eigenvalue weighted by Crippen LogP contribution is 2.33. The van der Waals surface area contributed by atoms with Crippen molar-refractivity contribution in [3.63, 3.8) is 0 Å². The number of hydrogen-bond acceptors (Lipinski definition) is 2. The highest BCUT2D eigenvalue weighted by molar-refractivity contribution is 7.92. The molecule has 0 saturated carbocycles. The quantitative estimate of drug-likeness (QED) is 0.750. The van der Waals surface area contributed by atoms with Gasteiger partial charge in [-0.3, -0.25) is 4.72 Å². The number of aromatic nitrogens is 1. The monoisotopic (exact) mass is 298 g/mol. The maximum atomic E-state index is 11.8. The molecule has 1 N–H and O–H groups in total. The molecule has 4 rings (SSSR count). The fraction of sp³-hybridized carbons (Fsp3) is 0.125. The van der Waals surface area contributed by atoms with Gasteiger partial charge in [0.15, 0.2) is 0 Å². The van der Waals surface area contributed by atoms with Crippen molar-refractivity contribution in [2.75, 3.05) is 10.5 Å². The minimum atomic E-state index is -3.21. The lowest BCUT2D eigenvalue weighted by Crippen LogP contribution is -2.27.